The number of aryl methyl sites for hydroxylation is 1. The molecular formula is C13H18N2O2S. The van der Waals surface area contributed by atoms with Crippen LogP contribution in [-0.2, 0) is 6.54 Å². The van der Waals surface area contributed by atoms with Crippen molar-refractivity contribution in [1.29, 1.82) is 0 Å². The first-order valence-corrected chi connectivity index (χ1v) is 7.09. The molecule has 0 unspecified atom stereocenters. The van der Waals surface area contributed by atoms with Crippen molar-refractivity contribution in [2.24, 2.45) is 0 Å². The van der Waals surface area contributed by atoms with Crippen LogP contribution in [0.1, 0.15) is 54.9 Å². The number of fused-ring (bicyclic) bond motifs is 1. The highest BCUT2D eigenvalue weighted by atomic mass is 32.1. The third kappa shape index (κ3) is 2.27. The number of unbranched alkanes of at least 4 members (excludes halogenated alkanes) is 1. The Kier molecular flexibility index (Phi) is 3.71. The van der Waals surface area contributed by atoms with Gasteiger partial charge in [0.1, 0.15) is 9.71 Å². The van der Waals surface area contributed by atoms with E-state index in [4.69, 9.17) is 5.11 Å². The van der Waals surface area contributed by atoms with Crippen LogP contribution in [0.2, 0.25) is 0 Å². The van der Waals surface area contributed by atoms with E-state index in [1.54, 1.807) is 6.07 Å². The zero-order chi connectivity index (χ0) is 13.3. The van der Waals surface area contributed by atoms with Gasteiger partial charge in [-0.3, -0.25) is 4.68 Å². The van der Waals surface area contributed by atoms with Gasteiger partial charge in [0.2, 0.25) is 0 Å². The average molecular weight is 266 g/mol. The molecule has 0 bridgehead atoms. The van der Waals surface area contributed by atoms with Gasteiger partial charge in [0.25, 0.3) is 0 Å². The highest BCUT2D eigenvalue weighted by molar-refractivity contribution is 7.20. The molecule has 98 valence electrons. The van der Waals surface area contributed by atoms with Gasteiger partial charge in [-0.05, 0) is 18.4 Å². The molecule has 4 nitrogen and oxygen atoms in total. The predicted octanol–water partition coefficient (Wildman–Crippen LogP) is 3.72. The Hall–Kier alpha value is -1.36. The summed E-state index contributed by atoms with van der Waals surface area (Å²) in [5.41, 5.74) is 1.00. The Morgan fingerprint density at radius 3 is 2.83 bits per heavy atom. The third-order valence-electron chi connectivity index (χ3n) is 2.93. The number of carbonyl (C=O) groups is 1. The zero-order valence-corrected chi connectivity index (χ0v) is 11.8. The van der Waals surface area contributed by atoms with Gasteiger partial charge in [0, 0.05) is 11.9 Å². The number of carboxylic acids is 1. The highest BCUT2D eigenvalue weighted by Gasteiger charge is 2.18. The van der Waals surface area contributed by atoms with E-state index in [2.05, 4.69) is 25.9 Å². The number of rotatable bonds is 5. The molecule has 1 N–H and O–H groups in total. The van der Waals surface area contributed by atoms with E-state index < -0.39 is 5.97 Å². The van der Waals surface area contributed by atoms with E-state index in [0.29, 0.717) is 10.8 Å². The van der Waals surface area contributed by atoms with Crippen LogP contribution >= 0.6 is 11.3 Å². The standard InChI is InChI=1S/C13H18N2O2S/c1-4-5-6-15-12-9(11(14-15)8(2)3)7-10(18-12)13(16)17/h7-8H,4-6H2,1-3H3,(H,16,17). The fourth-order valence-corrected chi connectivity index (χ4v) is 2.96. The van der Waals surface area contributed by atoms with Crippen molar-refractivity contribution in [1.82, 2.24) is 9.78 Å². The molecule has 0 spiro atoms. The number of hydrogen-bond acceptors (Lipinski definition) is 3. The molecule has 0 radical (unpaired) electrons. The van der Waals surface area contributed by atoms with Crippen molar-refractivity contribution in [3.8, 4) is 0 Å². The monoisotopic (exact) mass is 266 g/mol. The van der Waals surface area contributed by atoms with E-state index in [1.165, 1.54) is 11.3 Å². The molecule has 5 heteroatoms. The van der Waals surface area contributed by atoms with Crippen molar-refractivity contribution < 1.29 is 9.90 Å². The predicted molar refractivity (Wildman–Crippen MR) is 73.6 cm³/mol. The van der Waals surface area contributed by atoms with E-state index in [9.17, 15) is 4.79 Å². The molecule has 2 heterocycles. The van der Waals surface area contributed by atoms with Crippen molar-refractivity contribution in [2.45, 2.75) is 46.1 Å². The summed E-state index contributed by atoms with van der Waals surface area (Å²) in [4.78, 5) is 12.4. The Morgan fingerprint density at radius 1 is 1.56 bits per heavy atom. The van der Waals surface area contributed by atoms with Gasteiger partial charge in [-0.2, -0.15) is 5.10 Å². The van der Waals surface area contributed by atoms with E-state index in [-0.39, 0.29) is 0 Å². The Balaban J connectivity index is 2.53. The summed E-state index contributed by atoms with van der Waals surface area (Å²) in [6.07, 6.45) is 2.17. The van der Waals surface area contributed by atoms with E-state index in [1.807, 2.05) is 4.68 Å². The SMILES string of the molecule is CCCCn1nc(C(C)C)c2cc(C(=O)O)sc21. The van der Waals surface area contributed by atoms with E-state index in [0.717, 1.165) is 35.3 Å². The number of aromatic carboxylic acids is 1. The number of thiophene rings is 1. The lowest BCUT2D eigenvalue weighted by molar-refractivity contribution is 0.0702. The second kappa shape index (κ2) is 5.10. The molecule has 0 aliphatic heterocycles. The lowest BCUT2D eigenvalue weighted by atomic mass is 10.1. The first-order valence-electron chi connectivity index (χ1n) is 6.28. The first kappa shape index (κ1) is 13.1. The van der Waals surface area contributed by atoms with Gasteiger partial charge in [0.05, 0.1) is 5.69 Å². The maximum atomic E-state index is 11.1. The second-order valence-electron chi connectivity index (χ2n) is 4.75. The second-order valence-corrected chi connectivity index (χ2v) is 5.78. The lowest BCUT2D eigenvalue weighted by Crippen LogP contribution is -2.01. The summed E-state index contributed by atoms with van der Waals surface area (Å²) in [7, 11) is 0. The van der Waals surface area contributed by atoms with Crippen molar-refractivity contribution in [2.75, 3.05) is 0 Å². The summed E-state index contributed by atoms with van der Waals surface area (Å²) >= 11 is 1.32. The smallest absolute Gasteiger partial charge is 0.345 e. The van der Waals surface area contributed by atoms with Crippen molar-refractivity contribution in [3.63, 3.8) is 0 Å². The number of aromatic nitrogens is 2. The van der Waals surface area contributed by atoms with Crippen LogP contribution in [0.4, 0.5) is 0 Å². The molecule has 0 amide bonds. The van der Waals surface area contributed by atoms with Crippen LogP contribution in [0, 0.1) is 0 Å². The molecule has 0 aromatic carbocycles. The minimum absolute atomic E-state index is 0.312. The summed E-state index contributed by atoms with van der Waals surface area (Å²) < 4.78 is 1.96. The average Bonchev–Trinajstić information content (AvgIpc) is 2.84. The van der Waals surface area contributed by atoms with Crippen LogP contribution < -0.4 is 0 Å². The van der Waals surface area contributed by atoms with E-state index >= 15 is 0 Å². The van der Waals surface area contributed by atoms with Crippen LogP contribution in [0.15, 0.2) is 6.07 Å². The summed E-state index contributed by atoms with van der Waals surface area (Å²) in [5, 5.41) is 14.7. The van der Waals surface area contributed by atoms with Gasteiger partial charge in [0.15, 0.2) is 0 Å². The van der Waals surface area contributed by atoms with Crippen LogP contribution in [-0.4, -0.2) is 20.9 Å². The third-order valence-corrected chi connectivity index (χ3v) is 4.07. The molecule has 0 aliphatic rings. The topological polar surface area (TPSA) is 55.1 Å². The van der Waals surface area contributed by atoms with Crippen LogP contribution in [0.25, 0.3) is 10.2 Å². The summed E-state index contributed by atoms with van der Waals surface area (Å²) in [5.74, 6) is -0.542. The zero-order valence-electron chi connectivity index (χ0n) is 10.9. The van der Waals surface area contributed by atoms with Gasteiger partial charge in [-0.25, -0.2) is 4.79 Å². The molecule has 0 aliphatic carbocycles. The summed E-state index contributed by atoms with van der Waals surface area (Å²) in [6.45, 7) is 7.18. The van der Waals surface area contributed by atoms with Crippen LogP contribution in [0.3, 0.4) is 0 Å². The Bertz CT molecular complexity index is 569. The maximum Gasteiger partial charge on any atom is 0.345 e. The number of carboxylic acid groups (broad SMARTS) is 1. The lowest BCUT2D eigenvalue weighted by Gasteiger charge is -2.01. The molecule has 0 fully saturated rings. The van der Waals surface area contributed by atoms with Crippen LogP contribution in [0.5, 0.6) is 0 Å². The molecule has 2 aromatic heterocycles. The van der Waals surface area contributed by atoms with Gasteiger partial charge in [-0.1, -0.05) is 27.2 Å². The molecule has 2 rings (SSSR count). The summed E-state index contributed by atoms with van der Waals surface area (Å²) in [6, 6.07) is 1.76. The molecule has 18 heavy (non-hydrogen) atoms. The van der Waals surface area contributed by atoms with Crippen molar-refractivity contribution >= 4 is 27.5 Å². The van der Waals surface area contributed by atoms with Gasteiger partial charge in [-0.15, -0.1) is 11.3 Å². The molecular weight excluding hydrogens is 248 g/mol. The molecule has 0 atom stereocenters. The minimum Gasteiger partial charge on any atom is -0.477 e. The minimum atomic E-state index is -0.854. The largest absolute Gasteiger partial charge is 0.477 e. The van der Waals surface area contributed by atoms with Crippen molar-refractivity contribution in [3.05, 3.63) is 16.6 Å². The fraction of sp³-hybridized carbons (Fsp3) is 0.538. The number of hydrogen-bond donors (Lipinski definition) is 1. The number of nitrogens with zero attached hydrogens (tertiary/aromatic N) is 2. The molecule has 2 aromatic rings. The van der Waals surface area contributed by atoms with Gasteiger partial charge < -0.3 is 5.11 Å². The Labute approximate surface area is 110 Å². The normalized spacial score (nSPS) is 11.6. The maximum absolute atomic E-state index is 11.1. The quantitative estimate of drug-likeness (QED) is 0.897. The fourth-order valence-electron chi connectivity index (χ4n) is 1.98. The molecule has 0 saturated carbocycles. The van der Waals surface area contributed by atoms with Gasteiger partial charge >= 0.3 is 5.97 Å². The highest BCUT2D eigenvalue weighted by Crippen LogP contribution is 2.32. The molecule has 0 saturated heterocycles. The first-order chi connectivity index (χ1) is 8.54. The Morgan fingerprint density at radius 2 is 2.28 bits per heavy atom.